The zero-order valence-electron chi connectivity index (χ0n) is 16.4. The molecule has 0 unspecified atom stereocenters. The van der Waals surface area contributed by atoms with Crippen LogP contribution < -0.4 is 14.8 Å². The Bertz CT molecular complexity index is 1200. The Morgan fingerprint density at radius 3 is 2.55 bits per heavy atom. The number of amides is 1. The molecule has 0 saturated carbocycles. The van der Waals surface area contributed by atoms with E-state index in [0.717, 1.165) is 0 Å². The van der Waals surface area contributed by atoms with Crippen LogP contribution in [0.5, 0.6) is 11.5 Å². The molecule has 1 fully saturated rings. The van der Waals surface area contributed by atoms with E-state index < -0.39 is 0 Å². The molecule has 4 rings (SSSR count). The van der Waals surface area contributed by atoms with Crippen LogP contribution in [0, 0.1) is 0 Å². The summed E-state index contributed by atoms with van der Waals surface area (Å²) in [5.74, 6) is 1.92. The lowest BCUT2D eigenvalue weighted by atomic mass is 10.2. The van der Waals surface area contributed by atoms with Crippen molar-refractivity contribution < 1.29 is 18.7 Å². The van der Waals surface area contributed by atoms with Crippen LogP contribution in [-0.4, -0.2) is 25.3 Å². The number of halogens is 2. The molecule has 2 aromatic carbocycles. The maximum absolute atomic E-state index is 12.4. The number of thioether (sulfide) groups is 1. The van der Waals surface area contributed by atoms with E-state index in [1.54, 1.807) is 68.8 Å². The molecule has 1 N–H and O–H groups in total. The molecule has 158 valence electrons. The molecule has 1 aromatic heterocycles. The first-order valence-electron chi connectivity index (χ1n) is 9.04. The van der Waals surface area contributed by atoms with Crippen molar-refractivity contribution in [3.8, 4) is 22.8 Å². The van der Waals surface area contributed by atoms with Gasteiger partial charge >= 0.3 is 0 Å². The third-order valence-corrected chi connectivity index (χ3v) is 5.91. The van der Waals surface area contributed by atoms with Crippen LogP contribution in [-0.2, 0) is 4.79 Å². The van der Waals surface area contributed by atoms with Gasteiger partial charge in [0.25, 0.3) is 5.91 Å². The van der Waals surface area contributed by atoms with E-state index in [0.29, 0.717) is 54.4 Å². The van der Waals surface area contributed by atoms with E-state index >= 15 is 0 Å². The van der Waals surface area contributed by atoms with Gasteiger partial charge in [0.05, 0.1) is 34.7 Å². The Balaban J connectivity index is 1.58. The Labute approximate surface area is 192 Å². The fourth-order valence-electron chi connectivity index (χ4n) is 2.89. The Morgan fingerprint density at radius 2 is 1.84 bits per heavy atom. The number of rotatable bonds is 5. The van der Waals surface area contributed by atoms with Crippen LogP contribution in [0.2, 0.25) is 10.0 Å². The SMILES string of the molecule is COc1ccc(N=C2NC(=O)C(=Cc3ccc(-c4c(Cl)cccc4Cl)o3)S2)c(OC)c1. The normalized spacial score (nSPS) is 16.1. The number of hydrogen-bond donors (Lipinski definition) is 1. The molecule has 0 spiro atoms. The first-order chi connectivity index (χ1) is 15.0. The van der Waals surface area contributed by atoms with Crippen LogP contribution in [0.15, 0.2) is 62.8 Å². The summed E-state index contributed by atoms with van der Waals surface area (Å²) in [6.45, 7) is 0. The minimum absolute atomic E-state index is 0.273. The number of nitrogens with one attached hydrogen (secondary N) is 1. The number of furan rings is 1. The highest BCUT2D eigenvalue weighted by Crippen LogP contribution is 2.37. The van der Waals surface area contributed by atoms with Crippen molar-refractivity contribution in [2.75, 3.05) is 14.2 Å². The standard InChI is InChI=1S/C22H16Cl2N2O4S/c1-28-12-6-8-16(18(10-12)29-2)25-22-26-21(27)19(31-22)11-13-7-9-17(30-13)20-14(23)4-3-5-15(20)24/h3-11H,1-2H3,(H,25,26,27). The van der Waals surface area contributed by atoms with Gasteiger partial charge in [0, 0.05) is 12.1 Å². The van der Waals surface area contributed by atoms with E-state index in [1.165, 1.54) is 11.8 Å². The van der Waals surface area contributed by atoms with Gasteiger partial charge in [0.2, 0.25) is 0 Å². The summed E-state index contributed by atoms with van der Waals surface area (Å²) in [7, 11) is 3.12. The number of amidine groups is 1. The molecule has 0 aliphatic carbocycles. The maximum atomic E-state index is 12.4. The van der Waals surface area contributed by atoms with E-state index in [4.69, 9.17) is 37.1 Å². The summed E-state index contributed by atoms with van der Waals surface area (Å²) >= 11 is 13.7. The molecule has 1 saturated heterocycles. The predicted octanol–water partition coefficient (Wildman–Crippen LogP) is 6.16. The molecule has 1 aliphatic heterocycles. The number of aliphatic imine (C=N–C) groups is 1. The van der Waals surface area contributed by atoms with Gasteiger partial charge in [-0.3, -0.25) is 4.79 Å². The fraction of sp³-hybridized carbons (Fsp3) is 0.0909. The van der Waals surface area contributed by atoms with E-state index in [9.17, 15) is 4.79 Å². The van der Waals surface area contributed by atoms with E-state index in [1.807, 2.05) is 0 Å². The molecule has 3 aromatic rings. The number of carbonyl (C=O) groups excluding carboxylic acids is 1. The number of ether oxygens (including phenoxy) is 2. The molecule has 1 aliphatic rings. The van der Waals surface area contributed by atoms with Gasteiger partial charge in [-0.2, -0.15) is 0 Å². The van der Waals surface area contributed by atoms with Gasteiger partial charge in [0.1, 0.15) is 28.7 Å². The van der Waals surface area contributed by atoms with Gasteiger partial charge in [-0.1, -0.05) is 29.3 Å². The second-order valence-corrected chi connectivity index (χ2v) is 8.16. The van der Waals surface area contributed by atoms with Crippen molar-refractivity contribution in [2.45, 2.75) is 0 Å². The molecule has 0 bridgehead atoms. The lowest BCUT2D eigenvalue weighted by Gasteiger charge is -2.07. The quantitative estimate of drug-likeness (QED) is 0.448. The first-order valence-corrected chi connectivity index (χ1v) is 10.6. The van der Waals surface area contributed by atoms with Crippen LogP contribution in [0.25, 0.3) is 17.4 Å². The average molecular weight is 475 g/mol. The highest BCUT2D eigenvalue weighted by Gasteiger charge is 2.25. The number of methoxy groups -OCH3 is 2. The minimum atomic E-state index is -0.273. The summed E-state index contributed by atoms with van der Waals surface area (Å²) in [6, 6.07) is 14.0. The first kappa shape index (κ1) is 21.4. The molecule has 31 heavy (non-hydrogen) atoms. The van der Waals surface area contributed by atoms with Crippen LogP contribution in [0.3, 0.4) is 0 Å². The van der Waals surface area contributed by atoms with Crippen LogP contribution in [0.4, 0.5) is 5.69 Å². The van der Waals surface area contributed by atoms with Crippen LogP contribution >= 0.6 is 35.0 Å². The zero-order chi connectivity index (χ0) is 22.0. The molecule has 0 atom stereocenters. The second kappa shape index (κ2) is 9.09. The summed E-state index contributed by atoms with van der Waals surface area (Å²) in [6.07, 6.45) is 1.64. The lowest BCUT2D eigenvalue weighted by Crippen LogP contribution is -2.19. The van der Waals surface area contributed by atoms with Crippen LogP contribution in [0.1, 0.15) is 5.76 Å². The fourth-order valence-corrected chi connectivity index (χ4v) is 4.29. The summed E-state index contributed by atoms with van der Waals surface area (Å²) in [4.78, 5) is 17.3. The Kier molecular flexibility index (Phi) is 6.27. The highest BCUT2D eigenvalue weighted by molar-refractivity contribution is 8.18. The molecule has 9 heteroatoms. The van der Waals surface area contributed by atoms with Gasteiger partial charge in [-0.05, 0) is 48.2 Å². The maximum Gasteiger partial charge on any atom is 0.264 e. The summed E-state index contributed by atoms with van der Waals surface area (Å²) in [5.41, 5.74) is 1.17. The van der Waals surface area contributed by atoms with Crippen molar-refractivity contribution in [3.05, 3.63) is 69.2 Å². The van der Waals surface area contributed by atoms with Gasteiger partial charge in [-0.15, -0.1) is 0 Å². The minimum Gasteiger partial charge on any atom is -0.497 e. The third-order valence-electron chi connectivity index (χ3n) is 4.37. The monoisotopic (exact) mass is 474 g/mol. The second-order valence-electron chi connectivity index (χ2n) is 6.32. The van der Waals surface area contributed by atoms with Gasteiger partial charge in [-0.25, -0.2) is 4.99 Å². The van der Waals surface area contributed by atoms with E-state index in [2.05, 4.69) is 10.3 Å². The number of benzene rings is 2. The smallest absolute Gasteiger partial charge is 0.264 e. The molecular formula is C22H16Cl2N2O4S. The Hall–Kier alpha value is -2.87. The third kappa shape index (κ3) is 4.58. The molecule has 6 nitrogen and oxygen atoms in total. The number of carbonyl (C=O) groups is 1. The molecule has 1 amide bonds. The van der Waals surface area contributed by atoms with Crippen molar-refractivity contribution in [2.24, 2.45) is 4.99 Å². The summed E-state index contributed by atoms with van der Waals surface area (Å²) in [5, 5.41) is 4.14. The number of nitrogens with zero attached hydrogens (tertiary/aromatic N) is 1. The zero-order valence-corrected chi connectivity index (χ0v) is 18.8. The van der Waals surface area contributed by atoms with Gasteiger partial charge < -0.3 is 19.2 Å². The largest absolute Gasteiger partial charge is 0.497 e. The molecule has 0 radical (unpaired) electrons. The van der Waals surface area contributed by atoms with E-state index in [-0.39, 0.29) is 5.91 Å². The van der Waals surface area contributed by atoms with Crippen molar-refractivity contribution in [1.82, 2.24) is 5.32 Å². The predicted molar refractivity (Wildman–Crippen MR) is 125 cm³/mol. The molecule has 2 heterocycles. The molecular weight excluding hydrogens is 459 g/mol. The Morgan fingerprint density at radius 1 is 1.06 bits per heavy atom. The van der Waals surface area contributed by atoms with Crippen molar-refractivity contribution in [1.29, 1.82) is 0 Å². The summed E-state index contributed by atoms with van der Waals surface area (Å²) < 4.78 is 16.4. The highest BCUT2D eigenvalue weighted by atomic mass is 35.5. The average Bonchev–Trinajstić information content (AvgIpc) is 3.35. The van der Waals surface area contributed by atoms with Gasteiger partial charge in [0.15, 0.2) is 5.17 Å². The lowest BCUT2D eigenvalue weighted by molar-refractivity contribution is -0.115. The number of hydrogen-bond acceptors (Lipinski definition) is 6. The topological polar surface area (TPSA) is 73.1 Å². The van der Waals surface area contributed by atoms with Crippen molar-refractivity contribution >= 4 is 57.8 Å². The van der Waals surface area contributed by atoms with Crippen molar-refractivity contribution in [3.63, 3.8) is 0 Å².